The minimum Gasteiger partial charge on any atom is -0.350 e. The molecule has 0 fully saturated rings. The molecule has 14 nitrogen and oxygen atoms in total. The van der Waals surface area contributed by atoms with Crippen molar-refractivity contribution in [3.8, 4) is 0 Å². The molecule has 0 saturated heterocycles. The van der Waals surface area contributed by atoms with Crippen molar-refractivity contribution in [3.05, 3.63) is 334 Å². The maximum absolute atomic E-state index is 14.4. The summed E-state index contributed by atoms with van der Waals surface area (Å²) < 4.78 is 83.1. The maximum Gasteiger partial charge on any atom is 0.183 e. The van der Waals surface area contributed by atoms with Crippen molar-refractivity contribution in [2.24, 2.45) is 34.9 Å². The van der Waals surface area contributed by atoms with Crippen molar-refractivity contribution in [2.75, 3.05) is 26.6 Å². The molecule has 0 radical (unpaired) electrons. The van der Waals surface area contributed by atoms with Gasteiger partial charge in [-0.1, -0.05) is 54.6 Å². The summed E-state index contributed by atoms with van der Waals surface area (Å²) >= 11 is 11.9. The number of amidine groups is 3. The molecule has 9 aliphatic rings. The molecule has 0 spiro atoms. The number of rotatable bonds is 7. The molecule has 7 aromatic heterocycles. The fourth-order valence-electron chi connectivity index (χ4n) is 18.3. The zero-order valence-electron chi connectivity index (χ0n) is 75.2. The zero-order chi connectivity index (χ0) is 91.5. The molecule has 13 aromatic rings. The second-order valence-electron chi connectivity index (χ2n) is 33.5. The lowest BCUT2D eigenvalue weighted by atomic mass is 9.87. The second-order valence-corrected chi connectivity index (χ2v) is 43.3. The van der Waals surface area contributed by atoms with E-state index in [1.54, 1.807) is 88.4 Å². The fraction of sp³-hybridized carbons (Fsp3) is 0.291. The van der Waals surface area contributed by atoms with Gasteiger partial charge in [0.15, 0.2) is 5.13 Å². The number of aryl methyl sites for hydroxylation is 12. The van der Waals surface area contributed by atoms with Crippen LogP contribution in [0.3, 0.4) is 0 Å². The predicted octanol–water partition coefficient (Wildman–Crippen LogP) is 29.8. The molecular formula is C103H104F6N14S7. The smallest absolute Gasteiger partial charge is 0.183 e. The first kappa shape index (κ1) is 92.1. The Morgan fingerprint density at radius 1 is 0.285 bits per heavy atom. The van der Waals surface area contributed by atoms with Gasteiger partial charge < -0.3 is 37.2 Å². The molecule has 7 N–H and O–H groups in total. The van der Waals surface area contributed by atoms with Crippen molar-refractivity contribution in [3.63, 3.8) is 0 Å². The number of nitrogens with zero attached hydrogens (tertiary/aromatic N) is 7. The molecule has 14 heterocycles. The van der Waals surface area contributed by atoms with E-state index in [-0.39, 0.29) is 70.5 Å². The lowest BCUT2D eigenvalue weighted by Gasteiger charge is -2.30. The van der Waals surface area contributed by atoms with Crippen LogP contribution in [0.25, 0.3) is 10.1 Å². The van der Waals surface area contributed by atoms with E-state index in [1.807, 2.05) is 85.3 Å². The molecule has 7 aliphatic heterocycles. The van der Waals surface area contributed by atoms with Crippen LogP contribution in [0, 0.1) is 117 Å². The number of para-hydroxylation sites is 2. The van der Waals surface area contributed by atoms with Crippen LogP contribution in [0.4, 0.5) is 54.8 Å². The predicted molar refractivity (Wildman–Crippen MR) is 540 cm³/mol. The van der Waals surface area contributed by atoms with E-state index in [9.17, 15) is 26.3 Å². The molecular weight excluding hydrogens is 1770 g/mol. The van der Waals surface area contributed by atoms with Gasteiger partial charge in [0.25, 0.3) is 0 Å². The second kappa shape index (κ2) is 40.3. The van der Waals surface area contributed by atoms with Crippen LogP contribution in [-0.2, 0) is 0 Å². The highest BCUT2D eigenvalue weighted by molar-refractivity contribution is 7.17. The van der Waals surface area contributed by atoms with E-state index in [0.717, 1.165) is 78.1 Å². The molecule has 27 heteroatoms. The number of hydrogen-bond donors (Lipinski definition) is 7. The Balaban J connectivity index is 0.000000111. The van der Waals surface area contributed by atoms with Crippen LogP contribution in [0.5, 0.6) is 0 Å². The number of nitrogens with one attached hydrogen (secondary N) is 7. The SMILES string of the molecule is CC1=NC(c2cc(C)sc2C)C2=C(CCCC2)N1.CC1=NC(c2cc(C)sc2C)c2cc(F)ccc2N1.CC1=NC(c2cc(C)sc2C)c2cccc(F)c2N1.Cc1cc(C2N=CNC3=C2CCCC3)c(C)s1.Cc1cc(C2N=CNc3c(F)cccc32)c(C)s1.Cc1cc(C2N=CNc3cc(F)ccc32)c(C)s1.Fc1ccc2c(c1)NC=NC2c1c(F)sc2ccccc12. The van der Waals surface area contributed by atoms with Crippen LogP contribution < -0.4 is 37.2 Å². The maximum atomic E-state index is 14.4. The monoisotopic (exact) mass is 1870 g/mol. The van der Waals surface area contributed by atoms with Gasteiger partial charge in [-0.15, -0.1) is 79.4 Å². The summed E-state index contributed by atoms with van der Waals surface area (Å²) in [5.74, 6) is 1.47. The van der Waals surface area contributed by atoms with E-state index >= 15 is 0 Å². The third-order valence-corrected chi connectivity index (χ3v) is 31.0. The van der Waals surface area contributed by atoms with Gasteiger partial charge in [-0.2, -0.15) is 4.39 Å². The van der Waals surface area contributed by atoms with Crippen LogP contribution >= 0.6 is 79.4 Å². The molecule has 22 rings (SSSR count). The summed E-state index contributed by atoms with van der Waals surface area (Å²) in [6, 6.07) is 45.0. The Kier molecular flexibility index (Phi) is 28.5. The van der Waals surface area contributed by atoms with Gasteiger partial charge in [0.2, 0.25) is 0 Å². The Bertz CT molecular complexity index is 6690. The van der Waals surface area contributed by atoms with E-state index in [2.05, 4.69) is 194 Å². The van der Waals surface area contributed by atoms with Crippen LogP contribution in [0.15, 0.2) is 209 Å². The normalized spacial score (nSPS) is 19.0. The Morgan fingerprint density at radius 2 is 0.677 bits per heavy atom. The van der Waals surface area contributed by atoms with Crippen molar-refractivity contribution >= 4 is 161 Å². The zero-order valence-corrected chi connectivity index (χ0v) is 80.9. The molecule has 7 atom stereocenters. The highest BCUT2D eigenvalue weighted by Gasteiger charge is 2.34. The Hall–Kier alpha value is -11.2. The number of fused-ring (bicyclic) bond motifs is 6. The summed E-state index contributed by atoms with van der Waals surface area (Å²) in [7, 11) is 0. The van der Waals surface area contributed by atoms with Crippen LogP contribution in [0.2, 0.25) is 0 Å². The lowest BCUT2D eigenvalue weighted by Crippen LogP contribution is -2.29. The number of hydrogen-bond acceptors (Lipinski definition) is 21. The summed E-state index contributed by atoms with van der Waals surface area (Å²) in [5, 5.41) is 22.5. The first-order valence-electron chi connectivity index (χ1n) is 43.6. The van der Waals surface area contributed by atoms with Gasteiger partial charge in [-0.25, -0.2) is 22.0 Å². The largest absolute Gasteiger partial charge is 0.350 e. The number of halogens is 6. The summed E-state index contributed by atoms with van der Waals surface area (Å²) in [6.07, 6.45) is 16.7. The van der Waals surface area contributed by atoms with Crippen molar-refractivity contribution in [1.82, 2.24) is 10.6 Å². The Labute approximate surface area is 784 Å². The van der Waals surface area contributed by atoms with E-state index in [4.69, 9.17) is 4.99 Å². The van der Waals surface area contributed by atoms with Gasteiger partial charge in [0, 0.05) is 130 Å². The molecule has 670 valence electrons. The van der Waals surface area contributed by atoms with Gasteiger partial charge >= 0.3 is 0 Å². The van der Waals surface area contributed by atoms with Gasteiger partial charge in [-0.3, -0.25) is 34.9 Å². The number of thiophene rings is 7. The molecule has 6 aromatic carbocycles. The first-order valence-corrected chi connectivity index (χ1v) is 49.3. The fourth-order valence-corrected chi connectivity index (χ4v) is 25.0. The third kappa shape index (κ3) is 20.5. The van der Waals surface area contributed by atoms with Crippen molar-refractivity contribution in [1.29, 1.82) is 0 Å². The number of anilines is 5. The quantitative estimate of drug-likeness (QED) is 0.0779. The standard InChI is InChI=1S/C16H10F2N2S.2C15H15FN2S.C15H20N2S.2C14H13FN2S.C14H18N2S/c17-9-5-6-10-12(7-9)19-8-20-15(10)14-11-3-1-2-4-13(11)21-16(14)18;1-8-6-12(9(2)19-8)15-13-7-11(16)4-5-14(13)17-10(3)18-15;1-8-7-12(9(2)19-8)14-11-5-4-6-13(16)15(11)18-10(3)17-14;1-9-8-13(10(2)18-9)15-12-6-4-5-7-14(12)16-11(3)17-15;1-8-5-12(9(2)18-8)14-11-4-3-10(15)6-13(11)16-7-17-14;1-8-6-11(9(2)18-8)13-10-4-3-5-12(15)14(10)17-7-16-13;1-9-7-12(10(2)17-9)14-11-5-3-4-6-13(11)15-8-16-14/h1-8,15H,(H,19,20);4-7,15H,1-3H3,(H,17,18);4-7,14H,1-3H3,(H,17,18);8,15H,4-7H2,1-3H3,(H,16,17);3-7,14H,1-2H3,(H,16,17);3-7,13H,1-2H3,(H,16,17);7-8,14H,3-6H2,1-2H3,(H,15,16). The highest BCUT2D eigenvalue weighted by Crippen LogP contribution is 2.49. The summed E-state index contributed by atoms with van der Waals surface area (Å²) in [6.45, 7) is 31.4. The third-order valence-electron chi connectivity index (χ3n) is 24.1. The number of aliphatic imine (C=N–C) groups is 7. The van der Waals surface area contributed by atoms with Crippen LogP contribution in [0.1, 0.15) is 240 Å². The lowest BCUT2D eigenvalue weighted by molar-refractivity contribution is 0.592. The number of benzene rings is 6. The summed E-state index contributed by atoms with van der Waals surface area (Å²) in [5.41, 5.74) is 22.1. The molecule has 0 saturated carbocycles. The van der Waals surface area contributed by atoms with Crippen molar-refractivity contribution in [2.45, 2.75) is 198 Å². The Morgan fingerprint density at radius 3 is 1.22 bits per heavy atom. The molecule has 0 amide bonds. The van der Waals surface area contributed by atoms with Gasteiger partial charge in [-0.05, 0) is 297 Å². The number of allylic oxidation sites excluding steroid dienone is 2. The van der Waals surface area contributed by atoms with E-state index in [1.165, 1.54) is 215 Å². The van der Waals surface area contributed by atoms with Crippen molar-refractivity contribution < 1.29 is 26.3 Å². The van der Waals surface area contributed by atoms with E-state index in [0.29, 0.717) is 22.6 Å². The first-order chi connectivity index (χ1) is 62.6. The highest BCUT2D eigenvalue weighted by atomic mass is 32.1. The van der Waals surface area contributed by atoms with E-state index < -0.39 is 6.04 Å². The molecule has 7 unspecified atom stereocenters. The van der Waals surface area contributed by atoms with Crippen LogP contribution in [-0.4, -0.2) is 42.9 Å². The summed E-state index contributed by atoms with van der Waals surface area (Å²) in [4.78, 5) is 47.9. The minimum absolute atomic E-state index is 0.0215. The minimum atomic E-state index is -0.446. The molecule has 2 aliphatic carbocycles. The molecule has 0 bridgehead atoms. The average molecular weight is 1880 g/mol. The average Bonchev–Trinajstić information content (AvgIpc) is 1.63. The van der Waals surface area contributed by atoms with Gasteiger partial charge in [0.1, 0.15) is 71.4 Å². The molecule has 130 heavy (non-hydrogen) atoms. The van der Waals surface area contributed by atoms with Gasteiger partial charge in [0.05, 0.1) is 54.2 Å². The topological polar surface area (TPSA) is 171 Å².